The third-order valence-electron chi connectivity index (χ3n) is 3.65. The van der Waals surface area contributed by atoms with Crippen molar-refractivity contribution < 1.29 is 14.2 Å². The highest BCUT2D eigenvalue weighted by Crippen LogP contribution is 2.41. The molecule has 112 valence electrons. The smallest absolute Gasteiger partial charge is 0.169 e. The number of aromatic nitrogens is 2. The highest BCUT2D eigenvalue weighted by molar-refractivity contribution is 5.80. The Morgan fingerprint density at radius 2 is 2.24 bits per heavy atom. The first-order chi connectivity index (χ1) is 10.2. The summed E-state index contributed by atoms with van der Waals surface area (Å²) in [5.74, 6) is 1.97. The topological polar surface area (TPSA) is 71.5 Å². The van der Waals surface area contributed by atoms with Crippen LogP contribution < -0.4 is 15.2 Å². The fourth-order valence-corrected chi connectivity index (χ4v) is 2.44. The molecule has 1 saturated heterocycles. The average Bonchev–Trinajstić information content (AvgIpc) is 3.11. The first-order valence-corrected chi connectivity index (χ1v) is 6.90. The molecule has 6 nitrogen and oxygen atoms in total. The number of para-hydroxylation sites is 1. The fourth-order valence-electron chi connectivity index (χ4n) is 2.44. The van der Waals surface area contributed by atoms with Gasteiger partial charge in [0.15, 0.2) is 11.5 Å². The Hall–Kier alpha value is -2.21. The minimum atomic E-state index is 0.0398. The van der Waals surface area contributed by atoms with E-state index in [0.717, 1.165) is 24.2 Å². The van der Waals surface area contributed by atoms with Gasteiger partial charge in [-0.25, -0.2) is 0 Å². The Balaban J connectivity index is 2.04. The minimum Gasteiger partial charge on any atom is -0.493 e. The maximum absolute atomic E-state index is 6.10. The summed E-state index contributed by atoms with van der Waals surface area (Å²) in [7, 11) is 3.44. The van der Waals surface area contributed by atoms with E-state index in [2.05, 4.69) is 5.10 Å². The van der Waals surface area contributed by atoms with Gasteiger partial charge in [0, 0.05) is 24.6 Å². The number of benzene rings is 1. The molecule has 0 aliphatic carbocycles. The van der Waals surface area contributed by atoms with E-state index in [1.54, 1.807) is 18.0 Å². The van der Waals surface area contributed by atoms with Crippen molar-refractivity contribution in [2.75, 3.05) is 26.1 Å². The summed E-state index contributed by atoms with van der Waals surface area (Å²) < 4.78 is 18.5. The molecular formula is C15H19N3O3. The zero-order valence-corrected chi connectivity index (χ0v) is 12.2. The van der Waals surface area contributed by atoms with Crippen molar-refractivity contribution in [3.8, 4) is 22.6 Å². The van der Waals surface area contributed by atoms with Crippen LogP contribution in [0.1, 0.15) is 6.42 Å². The molecule has 0 spiro atoms. The van der Waals surface area contributed by atoms with E-state index in [1.807, 2.05) is 25.2 Å². The maximum Gasteiger partial charge on any atom is 0.169 e. The molecule has 1 aromatic carbocycles. The molecule has 21 heavy (non-hydrogen) atoms. The van der Waals surface area contributed by atoms with Crippen LogP contribution in [0, 0.1) is 0 Å². The Bertz CT molecular complexity index is 633. The van der Waals surface area contributed by atoms with E-state index in [1.165, 1.54) is 0 Å². The number of anilines is 1. The fraction of sp³-hybridized carbons (Fsp3) is 0.400. The molecule has 1 aliphatic rings. The normalized spacial score (nSPS) is 17.9. The molecule has 2 aromatic rings. The van der Waals surface area contributed by atoms with Gasteiger partial charge in [0.1, 0.15) is 11.9 Å². The van der Waals surface area contributed by atoms with Crippen LogP contribution in [0.25, 0.3) is 11.1 Å². The summed E-state index contributed by atoms with van der Waals surface area (Å²) in [6.07, 6.45) is 2.65. The zero-order chi connectivity index (χ0) is 14.8. The van der Waals surface area contributed by atoms with Gasteiger partial charge in [-0.15, -0.1) is 0 Å². The van der Waals surface area contributed by atoms with Gasteiger partial charge in [-0.1, -0.05) is 12.1 Å². The number of hydrogen-bond donors (Lipinski definition) is 1. The minimum absolute atomic E-state index is 0.0398. The zero-order valence-electron chi connectivity index (χ0n) is 12.2. The van der Waals surface area contributed by atoms with Crippen LogP contribution >= 0.6 is 0 Å². The second-order valence-corrected chi connectivity index (χ2v) is 5.01. The third kappa shape index (κ3) is 2.54. The van der Waals surface area contributed by atoms with Gasteiger partial charge in [-0.05, 0) is 6.07 Å². The SMILES string of the molecule is COc1cccc(-c2cnn(C)c2N)c1OC1CCOC1. The Morgan fingerprint density at radius 1 is 1.38 bits per heavy atom. The van der Waals surface area contributed by atoms with Crippen molar-refractivity contribution in [1.82, 2.24) is 9.78 Å². The molecule has 1 aromatic heterocycles. The van der Waals surface area contributed by atoms with E-state index in [0.29, 0.717) is 23.9 Å². The van der Waals surface area contributed by atoms with E-state index in [9.17, 15) is 0 Å². The lowest BCUT2D eigenvalue weighted by atomic mass is 10.1. The second-order valence-electron chi connectivity index (χ2n) is 5.01. The van der Waals surface area contributed by atoms with Crippen LogP contribution in [-0.2, 0) is 11.8 Å². The van der Waals surface area contributed by atoms with Gasteiger partial charge < -0.3 is 19.9 Å². The largest absolute Gasteiger partial charge is 0.493 e. The monoisotopic (exact) mass is 289 g/mol. The van der Waals surface area contributed by atoms with Gasteiger partial charge in [0.25, 0.3) is 0 Å². The summed E-state index contributed by atoms with van der Waals surface area (Å²) in [4.78, 5) is 0. The van der Waals surface area contributed by atoms with Crippen LogP contribution in [0.5, 0.6) is 11.5 Å². The first-order valence-electron chi connectivity index (χ1n) is 6.90. The van der Waals surface area contributed by atoms with Crippen molar-refractivity contribution in [1.29, 1.82) is 0 Å². The first kappa shape index (κ1) is 13.8. The van der Waals surface area contributed by atoms with Crippen LogP contribution in [0.15, 0.2) is 24.4 Å². The number of nitrogens with two attached hydrogens (primary N) is 1. The number of rotatable bonds is 4. The predicted molar refractivity (Wildman–Crippen MR) is 79.5 cm³/mol. The van der Waals surface area contributed by atoms with Gasteiger partial charge in [0.05, 0.1) is 26.5 Å². The van der Waals surface area contributed by atoms with Crippen LogP contribution in [-0.4, -0.2) is 36.2 Å². The molecule has 1 fully saturated rings. The van der Waals surface area contributed by atoms with E-state index < -0.39 is 0 Å². The number of nitrogens with zero attached hydrogens (tertiary/aromatic N) is 2. The average molecular weight is 289 g/mol. The number of ether oxygens (including phenoxy) is 3. The molecule has 1 atom stereocenters. The molecule has 1 aliphatic heterocycles. The molecular weight excluding hydrogens is 270 g/mol. The molecule has 0 saturated carbocycles. The molecule has 0 amide bonds. The predicted octanol–water partition coefficient (Wildman–Crippen LogP) is 1.85. The summed E-state index contributed by atoms with van der Waals surface area (Å²) in [5, 5.41) is 4.19. The molecule has 0 radical (unpaired) electrons. The van der Waals surface area contributed by atoms with Crippen molar-refractivity contribution in [3.63, 3.8) is 0 Å². The van der Waals surface area contributed by atoms with E-state index in [-0.39, 0.29) is 6.10 Å². The molecule has 6 heteroatoms. The van der Waals surface area contributed by atoms with E-state index >= 15 is 0 Å². The van der Waals surface area contributed by atoms with Gasteiger partial charge >= 0.3 is 0 Å². The Morgan fingerprint density at radius 3 is 2.86 bits per heavy atom. The maximum atomic E-state index is 6.10. The summed E-state index contributed by atoms with van der Waals surface area (Å²) >= 11 is 0. The lowest BCUT2D eigenvalue weighted by molar-refractivity contribution is 0.139. The standard InChI is InChI=1S/C15H19N3O3/c1-18-15(16)12(8-17-18)11-4-3-5-13(19-2)14(11)21-10-6-7-20-9-10/h3-5,8,10H,6-7,9,16H2,1-2H3. The Kier molecular flexibility index (Phi) is 3.70. The quantitative estimate of drug-likeness (QED) is 0.930. The summed E-state index contributed by atoms with van der Waals surface area (Å²) in [6.45, 7) is 1.32. The van der Waals surface area contributed by atoms with Crippen LogP contribution in [0.3, 0.4) is 0 Å². The molecule has 0 bridgehead atoms. The summed E-state index contributed by atoms with van der Waals surface area (Å²) in [5.41, 5.74) is 7.80. The van der Waals surface area contributed by atoms with Gasteiger partial charge in [-0.3, -0.25) is 4.68 Å². The molecule has 2 heterocycles. The van der Waals surface area contributed by atoms with Crippen molar-refractivity contribution in [2.45, 2.75) is 12.5 Å². The molecule has 2 N–H and O–H groups in total. The third-order valence-corrected chi connectivity index (χ3v) is 3.65. The number of aryl methyl sites for hydroxylation is 1. The van der Waals surface area contributed by atoms with Crippen molar-refractivity contribution in [2.24, 2.45) is 7.05 Å². The van der Waals surface area contributed by atoms with Gasteiger partial charge in [0.2, 0.25) is 0 Å². The lowest BCUT2D eigenvalue weighted by Gasteiger charge is -2.18. The van der Waals surface area contributed by atoms with Crippen molar-refractivity contribution >= 4 is 5.82 Å². The second kappa shape index (κ2) is 5.65. The molecule has 3 rings (SSSR count). The summed E-state index contributed by atoms with van der Waals surface area (Å²) in [6, 6.07) is 5.75. The Labute approximate surface area is 123 Å². The number of methoxy groups -OCH3 is 1. The molecule has 1 unspecified atom stereocenters. The lowest BCUT2D eigenvalue weighted by Crippen LogP contribution is -2.16. The van der Waals surface area contributed by atoms with Crippen LogP contribution in [0.4, 0.5) is 5.82 Å². The highest BCUT2D eigenvalue weighted by Gasteiger charge is 2.23. The van der Waals surface area contributed by atoms with E-state index in [4.69, 9.17) is 19.9 Å². The van der Waals surface area contributed by atoms with Gasteiger partial charge in [-0.2, -0.15) is 5.10 Å². The highest BCUT2D eigenvalue weighted by atomic mass is 16.6. The number of nitrogen functional groups attached to an aromatic ring is 1. The number of hydrogen-bond acceptors (Lipinski definition) is 5. The van der Waals surface area contributed by atoms with Crippen LogP contribution in [0.2, 0.25) is 0 Å². The van der Waals surface area contributed by atoms with Crippen molar-refractivity contribution in [3.05, 3.63) is 24.4 Å².